The zero-order valence-electron chi connectivity index (χ0n) is 17.3. The number of alkyl halides is 2. The first-order chi connectivity index (χ1) is 15.0. The minimum Gasteiger partial charge on any atom is -0.484 e. The molecule has 0 aromatic heterocycles. The Morgan fingerprint density at radius 3 is 2.35 bits per heavy atom. The highest BCUT2D eigenvalue weighted by molar-refractivity contribution is 5.56. The number of benzene rings is 2. The van der Waals surface area contributed by atoms with Crippen molar-refractivity contribution in [2.45, 2.75) is 30.8 Å². The van der Waals surface area contributed by atoms with E-state index in [-0.39, 0.29) is 32.0 Å². The number of hydrogen-bond donors (Lipinski definition) is 0. The van der Waals surface area contributed by atoms with E-state index in [1.807, 2.05) is 0 Å². The fourth-order valence-electron chi connectivity index (χ4n) is 4.44. The standard InChI is InChI=1S/C23H23F2NO5/c1-27-12-29-16-5-3-14(4-6-16)21-20-10-23(24,25)9-19(20)18-8-17(30-13-28-2)7-15(11-26)22(18)31-21/h3-8,19-21H,9-10,12-13H2,1-2H3. The van der Waals surface area contributed by atoms with Crippen molar-refractivity contribution in [3.63, 3.8) is 0 Å². The van der Waals surface area contributed by atoms with Gasteiger partial charge >= 0.3 is 0 Å². The smallest absolute Gasteiger partial charge is 0.249 e. The Morgan fingerprint density at radius 2 is 1.71 bits per heavy atom. The molecule has 6 nitrogen and oxygen atoms in total. The summed E-state index contributed by atoms with van der Waals surface area (Å²) in [6, 6.07) is 12.5. The zero-order chi connectivity index (χ0) is 22.0. The fourth-order valence-corrected chi connectivity index (χ4v) is 4.44. The van der Waals surface area contributed by atoms with E-state index in [0.717, 1.165) is 5.56 Å². The first-order valence-electron chi connectivity index (χ1n) is 9.91. The number of hydrogen-bond acceptors (Lipinski definition) is 6. The van der Waals surface area contributed by atoms with Crippen LogP contribution in [0.5, 0.6) is 17.2 Å². The predicted octanol–water partition coefficient (Wildman–Crippen LogP) is 4.79. The van der Waals surface area contributed by atoms with Gasteiger partial charge in [0, 0.05) is 50.5 Å². The zero-order valence-corrected chi connectivity index (χ0v) is 17.3. The molecule has 1 aliphatic carbocycles. The molecule has 0 spiro atoms. The second kappa shape index (κ2) is 8.69. The molecular formula is C23H23F2NO5. The van der Waals surface area contributed by atoms with Crippen LogP contribution in [-0.4, -0.2) is 33.7 Å². The maximum atomic E-state index is 14.5. The van der Waals surface area contributed by atoms with Gasteiger partial charge in [-0.15, -0.1) is 0 Å². The van der Waals surface area contributed by atoms with Crippen LogP contribution in [0, 0.1) is 17.2 Å². The van der Waals surface area contributed by atoms with E-state index < -0.39 is 23.9 Å². The molecule has 1 aliphatic heterocycles. The molecule has 0 amide bonds. The predicted molar refractivity (Wildman–Crippen MR) is 106 cm³/mol. The summed E-state index contributed by atoms with van der Waals surface area (Å²) in [4.78, 5) is 0. The van der Waals surface area contributed by atoms with Crippen LogP contribution in [0.1, 0.15) is 41.6 Å². The molecule has 2 aromatic rings. The lowest BCUT2D eigenvalue weighted by molar-refractivity contribution is -0.00234. The maximum Gasteiger partial charge on any atom is 0.249 e. The van der Waals surface area contributed by atoms with Crippen LogP contribution in [0.25, 0.3) is 0 Å². The van der Waals surface area contributed by atoms with E-state index in [2.05, 4.69) is 6.07 Å². The molecular weight excluding hydrogens is 408 g/mol. The van der Waals surface area contributed by atoms with Crippen LogP contribution in [0.15, 0.2) is 36.4 Å². The first-order valence-corrected chi connectivity index (χ1v) is 9.91. The second-order valence-corrected chi connectivity index (χ2v) is 7.74. The summed E-state index contributed by atoms with van der Waals surface area (Å²) in [7, 11) is 3.01. The van der Waals surface area contributed by atoms with Gasteiger partial charge in [-0.1, -0.05) is 12.1 Å². The van der Waals surface area contributed by atoms with Gasteiger partial charge in [-0.3, -0.25) is 0 Å². The van der Waals surface area contributed by atoms with Crippen molar-refractivity contribution in [1.29, 1.82) is 5.26 Å². The van der Waals surface area contributed by atoms with Crippen molar-refractivity contribution in [2.24, 2.45) is 5.92 Å². The number of methoxy groups -OCH3 is 2. The number of ether oxygens (including phenoxy) is 5. The van der Waals surface area contributed by atoms with E-state index in [1.165, 1.54) is 14.2 Å². The molecule has 4 rings (SSSR count). The number of halogens is 2. The van der Waals surface area contributed by atoms with Gasteiger partial charge in [0.15, 0.2) is 13.6 Å². The van der Waals surface area contributed by atoms with Gasteiger partial charge in [-0.2, -0.15) is 5.26 Å². The molecule has 0 radical (unpaired) electrons. The summed E-state index contributed by atoms with van der Waals surface area (Å²) in [6.07, 6.45) is -1.17. The van der Waals surface area contributed by atoms with Crippen LogP contribution in [0.4, 0.5) is 8.78 Å². The molecule has 0 saturated heterocycles. The SMILES string of the molecule is COCOc1ccc(C2Oc3c(C#N)cc(OCOC)cc3C3CC(F)(F)CC32)cc1. The molecule has 8 heteroatoms. The topological polar surface area (TPSA) is 69.9 Å². The van der Waals surface area contributed by atoms with Crippen molar-refractivity contribution < 1.29 is 32.5 Å². The van der Waals surface area contributed by atoms with E-state index in [9.17, 15) is 14.0 Å². The van der Waals surface area contributed by atoms with Crippen LogP contribution in [0.3, 0.4) is 0 Å². The minimum atomic E-state index is -2.81. The average Bonchev–Trinajstić information content (AvgIpc) is 3.10. The van der Waals surface area contributed by atoms with Crippen molar-refractivity contribution in [3.8, 4) is 23.3 Å². The second-order valence-electron chi connectivity index (χ2n) is 7.74. The highest BCUT2D eigenvalue weighted by Crippen LogP contribution is 2.59. The Balaban J connectivity index is 1.72. The van der Waals surface area contributed by atoms with Gasteiger partial charge in [-0.05, 0) is 23.8 Å². The summed E-state index contributed by atoms with van der Waals surface area (Å²) in [5, 5.41) is 9.67. The third-order valence-electron chi connectivity index (χ3n) is 5.71. The number of fused-ring (bicyclic) bond motifs is 3. The Labute approximate surface area is 179 Å². The Kier molecular flexibility index (Phi) is 5.99. The quantitative estimate of drug-likeness (QED) is 0.588. The summed E-state index contributed by atoms with van der Waals surface area (Å²) >= 11 is 0. The molecule has 0 bridgehead atoms. The molecule has 31 heavy (non-hydrogen) atoms. The van der Waals surface area contributed by atoms with Crippen molar-refractivity contribution in [3.05, 3.63) is 53.1 Å². The van der Waals surface area contributed by atoms with E-state index in [4.69, 9.17) is 23.7 Å². The Morgan fingerprint density at radius 1 is 1.03 bits per heavy atom. The highest BCUT2D eigenvalue weighted by Gasteiger charge is 2.54. The highest BCUT2D eigenvalue weighted by atomic mass is 19.3. The fraction of sp³-hybridized carbons (Fsp3) is 0.435. The molecule has 3 unspecified atom stereocenters. The molecule has 0 N–H and O–H groups in total. The summed E-state index contributed by atoms with van der Waals surface area (Å²) in [5.41, 5.74) is 1.60. The van der Waals surface area contributed by atoms with E-state index in [1.54, 1.807) is 36.4 Å². The minimum absolute atomic E-state index is 0.00508. The summed E-state index contributed by atoms with van der Waals surface area (Å²) in [6.45, 7) is 0.109. The van der Waals surface area contributed by atoms with Crippen LogP contribution < -0.4 is 14.2 Å². The van der Waals surface area contributed by atoms with E-state index in [0.29, 0.717) is 22.8 Å². The molecule has 164 valence electrons. The van der Waals surface area contributed by atoms with Gasteiger partial charge in [0.1, 0.15) is 29.4 Å². The molecule has 2 aromatic carbocycles. The van der Waals surface area contributed by atoms with Gasteiger partial charge in [0.25, 0.3) is 0 Å². The molecule has 2 aliphatic rings. The first kappa shape index (κ1) is 21.3. The van der Waals surface area contributed by atoms with Gasteiger partial charge in [0.2, 0.25) is 5.92 Å². The van der Waals surface area contributed by atoms with Crippen LogP contribution in [-0.2, 0) is 9.47 Å². The van der Waals surface area contributed by atoms with Crippen LogP contribution >= 0.6 is 0 Å². The largest absolute Gasteiger partial charge is 0.484 e. The molecule has 1 saturated carbocycles. The Bertz CT molecular complexity index is 973. The lowest BCUT2D eigenvalue weighted by atomic mass is 9.79. The monoisotopic (exact) mass is 431 g/mol. The summed E-state index contributed by atoms with van der Waals surface area (Å²) < 4.78 is 55.9. The van der Waals surface area contributed by atoms with Gasteiger partial charge in [0.05, 0.1) is 5.56 Å². The lowest BCUT2D eigenvalue weighted by Crippen LogP contribution is -2.27. The van der Waals surface area contributed by atoms with E-state index >= 15 is 0 Å². The average molecular weight is 431 g/mol. The van der Waals surface area contributed by atoms with Crippen molar-refractivity contribution >= 4 is 0 Å². The van der Waals surface area contributed by atoms with Crippen molar-refractivity contribution in [1.82, 2.24) is 0 Å². The van der Waals surface area contributed by atoms with Gasteiger partial charge < -0.3 is 23.7 Å². The Hall–Kier alpha value is -2.89. The number of nitrogens with zero attached hydrogens (tertiary/aromatic N) is 1. The molecule has 1 fully saturated rings. The van der Waals surface area contributed by atoms with Crippen molar-refractivity contribution in [2.75, 3.05) is 27.8 Å². The normalized spacial score (nSPS) is 23.3. The molecule has 1 heterocycles. The number of nitriles is 1. The lowest BCUT2D eigenvalue weighted by Gasteiger charge is -2.36. The van der Waals surface area contributed by atoms with Crippen LogP contribution in [0.2, 0.25) is 0 Å². The van der Waals surface area contributed by atoms with Gasteiger partial charge in [-0.25, -0.2) is 8.78 Å². The summed E-state index contributed by atoms with van der Waals surface area (Å²) in [5.74, 6) is -2.35. The maximum absolute atomic E-state index is 14.5. The third-order valence-corrected chi connectivity index (χ3v) is 5.71. The third kappa shape index (κ3) is 4.29. The number of rotatable bonds is 7. The molecule has 3 atom stereocenters.